The van der Waals surface area contributed by atoms with Gasteiger partial charge in [-0.05, 0) is 17.7 Å². The number of rotatable bonds is 8. The Balaban J connectivity index is 3.01. The third-order valence-corrected chi connectivity index (χ3v) is 2.79. The van der Waals surface area contributed by atoms with Crippen LogP contribution in [0.15, 0.2) is 54.7 Å². The largest absolute Gasteiger partial charge is 0.497 e. The van der Waals surface area contributed by atoms with E-state index in [-0.39, 0.29) is 6.04 Å². The lowest BCUT2D eigenvalue weighted by Gasteiger charge is -2.27. The Kier molecular flexibility index (Phi) is 6.39. The van der Waals surface area contributed by atoms with Crippen molar-refractivity contribution in [1.29, 1.82) is 0 Å². The second kappa shape index (κ2) is 8.11. The molecule has 0 saturated heterocycles. The number of benzene rings is 1. The standard InChI is InChI=1S/C15H20N2O2/c1-4-10-17(11-5-2)15(12-16-18)13-6-8-14(19-3)9-7-13/h4-9,12,15,18H,1-2,10-11H2,3H3/b16-12+. The number of hydrogen-bond acceptors (Lipinski definition) is 4. The minimum Gasteiger partial charge on any atom is -0.497 e. The fourth-order valence-electron chi connectivity index (χ4n) is 1.89. The molecule has 0 aliphatic heterocycles. The third-order valence-electron chi connectivity index (χ3n) is 2.79. The molecule has 0 aliphatic carbocycles. The van der Waals surface area contributed by atoms with E-state index in [0.29, 0.717) is 13.1 Å². The van der Waals surface area contributed by atoms with Crippen molar-refractivity contribution in [1.82, 2.24) is 4.90 Å². The predicted molar refractivity (Wildman–Crippen MR) is 78.0 cm³/mol. The van der Waals surface area contributed by atoms with Crippen molar-refractivity contribution >= 4 is 6.21 Å². The molecule has 0 radical (unpaired) electrons. The van der Waals surface area contributed by atoms with Crippen LogP contribution in [0.25, 0.3) is 0 Å². The maximum absolute atomic E-state index is 8.85. The second-order valence-corrected chi connectivity index (χ2v) is 4.01. The van der Waals surface area contributed by atoms with Gasteiger partial charge >= 0.3 is 0 Å². The number of oxime groups is 1. The van der Waals surface area contributed by atoms with Gasteiger partial charge < -0.3 is 9.94 Å². The molecular weight excluding hydrogens is 240 g/mol. The van der Waals surface area contributed by atoms with E-state index in [1.54, 1.807) is 7.11 Å². The molecular formula is C15H20N2O2. The van der Waals surface area contributed by atoms with Gasteiger partial charge in [-0.3, -0.25) is 4.90 Å². The van der Waals surface area contributed by atoms with E-state index in [4.69, 9.17) is 9.94 Å². The van der Waals surface area contributed by atoms with Gasteiger partial charge in [0, 0.05) is 13.1 Å². The molecule has 1 rings (SSSR count). The summed E-state index contributed by atoms with van der Waals surface area (Å²) in [7, 11) is 1.63. The van der Waals surface area contributed by atoms with Crippen LogP contribution >= 0.6 is 0 Å². The number of hydrogen-bond donors (Lipinski definition) is 1. The monoisotopic (exact) mass is 260 g/mol. The smallest absolute Gasteiger partial charge is 0.118 e. The summed E-state index contributed by atoms with van der Waals surface area (Å²) >= 11 is 0. The maximum Gasteiger partial charge on any atom is 0.118 e. The van der Waals surface area contributed by atoms with Gasteiger partial charge in [-0.25, -0.2) is 0 Å². The minimum absolute atomic E-state index is 0.132. The first kappa shape index (κ1) is 15.0. The summed E-state index contributed by atoms with van der Waals surface area (Å²) in [6.45, 7) is 8.84. The molecule has 0 fully saturated rings. The van der Waals surface area contributed by atoms with Gasteiger partial charge in [-0.15, -0.1) is 18.3 Å². The zero-order valence-electron chi connectivity index (χ0n) is 11.2. The summed E-state index contributed by atoms with van der Waals surface area (Å²) in [5.74, 6) is 0.794. The lowest BCUT2D eigenvalue weighted by Crippen LogP contribution is -2.30. The Morgan fingerprint density at radius 3 is 2.26 bits per heavy atom. The Bertz CT molecular complexity index is 416. The summed E-state index contributed by atoms with van der Waals surface area (Å²) in [4.78, 5) is 2.08. The van der Waals surface area contributed by atoms with Crippen molar-refractivity contribution in [3.05, 3.63) is 55.1 Å². The van der Waals surface area contributed by atoms with Crippen molar-refractivity contribution in [2.45, 2.75) is 6.04 Å². The van der Waals surface area contributed by atoms with E-state index in [1.165, 1.54) is 6.21 Å². The van der Waals surface area contributed by atoms with E-state index in [9.17, 15) is 0 Å². The highest BCUT2D eigenvalue weighted by Crippen LogP contribution is 2.21. The molecule has 0 spiro atoms. The molecule has 1 aromatic carbocycles. The molecule has 4 heteroatoms. The molecule has 1 atom stereocenters. The molecule has 4 nitrogen and oxygen atoms in total. The molecule has 1 aromatic rings. The topological polar surface area (TPSA) is 45.1 Å². The first-order chi connectivity index (χ1) is 9.26. The van der Waals surface area contributed by atoms with Gasteiger partial charge in [0.05, 0.1) is 19.4 Å². The van der Waals surface area contributed by atoms with E-state index >= 15 is 0 Å². The van der Waals surface area contributed by atoms with Crippen LogP contribution < -0.4 is 4.74 Å². The second-order valence-electron chi connectivity index (χ2n) is 4.01. The summed E-state index contributed by atoms with van der Waals surface area (Å²) in [6, 6.07) is 7.53. The first-order valence-corrected chi connectivity index (χ1v) is 6.04. The fraction of sp³-hybridized carbons (Fsp3) is 0.267. The first-order valence-electron chi connectivity index (χ1n) is 6.04. The Morgan fingerprint density at radius 1 is 1.26 bits per heavy atom. The fourth-order valence-corrected chi connectivity index (χ4v) is 1.89. The van der Waals surface area contributed by atoms with Gasteiger partial charge in [0.15, 0.2) is 0 Å². The normalized spacial score (nSPS) is 12.5. The average Bonchev–Trinajstić information content (AvgIpc) is 2.45. The lowest BCUT2D eigenvalue weighted by atomic mass is 10.1. The Morgan fingerprint density at radius 2 is 1.84 bits per heavy atom. The van der Waals surface area contributed by atoms with E-state index < -0.39 is 0 Å². The molecule has 0 saturated carbocycles. The molecule has 19 heavy (non-hydrogen) atoms. The average molecular weight is 260 g/mol. The lowest BCUT2D eigenvalue weighted by molar-refractivity contribution is 0.284. The van der Waals surface area contributed by atoms with Crippen molar-refractivity contribution < 1.29 is 9.94 Å². The predicted octanol–water partition coefficient (Wildman–Crippen LogP) is 2.87. The van der Waals surface area contributed by atoms with Gasteiger partial charge in [0.2, 0.25) is 0 Å². The molecule has 1 unspecified atom stereocenters. The number of nitrogens with zero attached hydrogens (tertiary/aromatic N) is 2. The molecule has 0 amide bonds. The van der Waals surface area contributed by atoms with Crippen molar-refractivity contribution in [2.75, 3.05) is 20.2 Å². The Hall–Kier alpha value is -2.07. The third kappa shape index (κ3) is 4.26. The van der Waals surface area contributed by atoms with Crippen LogP contribution in [0.3, 0.4) is 0 Å². The van der Waals surface area contributed by atoms with Crippen LogP contribution in [0.5, 0.6) is 5.75 Å². The molecule has 0 aliphatic rings. The molecule has 1 N–H and O–H groups in total. The van der Waals surface area contributed by atoms with Crippen LogP contribution in [0.2, 0.25) is 0 Å². The Labute approximate surface area is 114 Å². The minimum atomic E-state index is -0.132. The van der Waals surface area contributed by atoms with Gasteiger partial charge in [-0.1, -0.05) is 24.3 Å². The van der Waals surface area contributed by atoms with Crippen LogP contribution in [0.1, 0.15) is 11.6 Å². The summed E-state index contributed by atoms with van der Waals surface area (Å²) in [6.07, 6.45) is 5.12. The molecule has 0 heterocycles. The summed E-state index contributed by atoms with van der Waals surface area (Å²) in [5.41, 5.74) is 1.02. The summed E-state index contributed by atoms with van der Waals surface area (Å²) < 4.78 is 5.14. The highest BCUT2D eigenvalue weighted by Gasteiger charge is 2.16. The van der Waals surface area contributed by atoms with E-state index in [2.05, 4.69) is 23.2 Å². The van der Waals surface area contributed by atoms with E-state index in [0.717, 1.165) is 11.3 Å². The van der Waals surface area contributed by atoms with Crippen LogP contribution in [0, 0.1) is 0 Å². The molecule has 0 bridgehead atoms. The van der Waals surface area contributed by atoms with Crippen LogP contribution in [-0.4, -0.2) is 36.5 Å². The van der Waals surface area contributed by atoms with Crippen LogP contribution in [0.4, 0.5) is 0 Å². The maximum atomic E-state index is 8.85. The van der Waals surface area contributed by atoms with Crippen molar-refractivity contribution in [3.63, 3.8) is 0 Å². The van der Waals surface area contributed by atoms with Crippen molar-refractivity contribution in [2.24, 2.45) is 5.16 Å². The molecule has 0 aromatic heterocycles. The quantitative estimate of drug-likeness (QED) is 0.338. The SMILES string of the molecule is C=CCN(CC=C)C(/C=N/O)c1ccc(OC)cc1. The zero-order chi connectivity index (χ0) is 14.1. The van der Waals surface area contributed by atoms with Gasteiger partial charge in [-0.2, -0.15) is 0 Å². The highest BCUT2D eigenvalue weighted by atomic mass is 16.5. The van der Waals surface area contributed by atoms with Crippen molar-refractivity contribution in [3.8, 4) is 5.75 Å². The molecule has 102 valence electrons. The summed E-state index contributed by atoms with van der Waals surface area (Å²) in [5, 5.41) is 12.0. The zero-order valence-corrected chi connectivity index (χ0v) is 11.2. The number of methoxy groups -OCH3 is 1. The number of ether oxygens (including phenoxy) is 1. The van der Waals surface area contributed by atoms with E-state index in [1.807, 2.05) is 36.4 Å². The van der Waals surface area contributed by atoms with Crippen LogP contribution in [-0.2, 0) is 0 Å². The van der Waals surface area contributed by atoms with Gasteiger partial charge in [0.25, 0.3) is 0 Å². The highest BCUT2D eigenvalue weighted by molar-refractivity contribution is 5.66. The van der Waals surface area contributed by atoms with Gasteiger partial charge in [0.1, 0.15) is 5.75 Å².